The number of aromatic nitrogens is 3. The Balaban J connectivity index is 1.66. The van der Waals surface area contributed by atoms with E-state index in [-0.39, 0.29) is 0 Å². The predicted molar refractivity (Wildman–Crippen MR) is 82.7 cm³/mol. The molecule has 2 aromatic rings. The van der Waals surface area contributed by atoms with Crippen LogP contribution in [-0.2, 0) is 4.74 Å². The Morgan fingerprint density at radius 3 is 3.00 bits per heavy atom. The van der Waals surface area contributed by atoms with E-state index in [2.05, 4.69) is 46.7 Å². The summed E-state index contributed by atoms with van der Waals surface area (Å²) in [5, 5.41) is 11.3. The molecule has 2 heterocycles. The molecule has 1 aliphatic rings. The summed E-state index contributed by atoms with van der Waals surface area (Å²) in [6.07, 6.45) is 8.32. The van der Waals surface area contributed by atoms with E-state index in [9.17, 15) is 0 Å². The Hall–Kier alpha value is -1.88. The third kappa shape index (κ3) is 3.61. The maximum absolute atomic E-state index is 5.81. The van der Waals surface area contributed by atoms with Gasteiger partial charge in [0.2, 0.25) is 0 Å². The molecule has 5 nitrogen and oxygen atoms in total. The monoisotopic (exact) mass is 286 g/mol. The zero-order valence-electron chi connectivity index (χ0n) is 12.4. The van der Waals surface area contributed by atoms with Gasteiger partial charge in [0.25, 0.3) is 0 Å². The molecule has 21 heavy (non-hydrogen) atoms. The van der Waals surface area contributed by atoms with E-state index in [0.717, 1.165) is 37.2 Å². The Kier molecular flexibility index (Phi) is 4.50. The van der Waals surface area contributed by atoms with Gasteiger partial charge in [-0.1, -0.05) is 19.4 Å². The van der Waals surface area contributed by atoms with Crippen LogP contribution in [0.1, 0.15) is 32.6 Å². The Morgan fingerprint density at radius 2 is 2.19 bits per heavy atom. The minimum absolute atomic E-state index is 0.405. The molecule has 1 aliphatic heterocycles. The van der Waals surface area contributed by atoms with Crippen LogP contribution >= 0.6 is 0 Å². The van der Waals surface area contributed by atoms with Gasteiger partial charge in [-0.25, -0.2) is 0 Å². The van der Waals surface area contributed by atoms with Crippen molar-refractivity contribution in [2.75, 3.05) is 11.9 Å². The van der Waals surface area contributed by atoms with Gasteiger partial charge in [0.15, 0.2) is 0 Å². The lowest BCUT2D eigenvalue weighted by Crippen LogP contribution is -2.34. The van der Waals surface area contributed by atoms with E-state index in [0.29, 0.717) is 12.1 Å². The molecule has 0 amide bonds. The van der Waals surface area contributed by atoms with Crippen LogP contribution in [0.3, 0.4) is 0 Å². The molecule has 0 aliphatic carbocycles. The summed E-state index contributed by atoms with van der Waals surface area (Å²) in [6, 6.07) is 8.84. The van der Waals surface area contributed by atoms with Crippen LogP contribution in [0.2, 0.25) is 0 Å². The van der Waals surface area contributed by atoms with Crippen LogP contribution in [0.15, 0.2) is 36.9 Å². The highest BCUT2D eigenvalue weighted by Gasteiger charge is 2.21. The number of anilines is 1. The second kappa shape index (κ2) is 6.72. The lowest BCUT2D eigenvalue weighted by Gasteiger charge is -2.30. The predicted octanol–water partition coefficient (Wildman–Crippen LogP) is 3.03. The fourth-order valence-corrected chi connectivity index (χ4v) is 2.86. The molecule has 0 saturated carbocycles. The molecule has 0 radical (unpaired) electrons. The molecule has 0 bridgehead atoms. The molecule has 1 fully saturated rings. The lowest BCUT2D eigenvalue weighted by atomic mass is 10.00. The molecular weight excluding hydrogens is 264 g/mol. The van der Waals surface area contributed by atoms with Crippen LogP contribution < -0.4 is 5.32 Å². The highest BCUT2D eigenvalue weighted by Crippen LogP contribution is 2.22. The number of hydrogen-bond acceptors (Lipinski definition) is 4. The van der Waals surface area contributed by atoms with E-state index in [4.69, 9.17) is 4.74 Å². The third-order valence-electron chi connectivity index (χ3n) is 3.91. The number of nitrogens with zero attached hydrogens (tertiary/aromatic N) is 3. The molecule has 0 spiro atoms. The van der Waals surface area contributed by atoms with Crippen molar-refractivity contribution in [1.82, 2.24) is 14.8 Å². The number of ether oxygens (including phenoxy) is 1. The molecule has 1 saturated heterocycles. The van der Waals surface area contributed by atoms with E-state index in [1.54, 1.807) is 12.7 Å². The Labute approximate surface area is 125 Å². The lowest BCUT2D eigenvalue weighted by molar-refractivity contribution is 0.00598. The van der Waals surface area contributed by atoms with Gasteiger partial charge in [0.05, 0.1) is 11.8 Å². The molecule has 112 valence electrons. The molecule has 1 aromatic carbocycles. The first-order valence-electron chi connectivity index (χ1n) is 7.68. The molecule has 5 heteroatoms. The summed E-state index contributed by atoms with van der Waals surface area (Å²) < 4.78 is 7.72. The van der Waals surface area contributed by atoms with Gasteiger partial charge in [-0.15, -0.1) is 10.2 Å². The van der Waals surface area contributed by atoms with Gasteiger partial charge >= 0.3 is 0 Å². The van der Waals surface area contributed by atoms with Crippen molar-refractivity contribution >= 4 is 5.69 Å². The minimum atomic E-state index is 0.405. The van der Waals surface area contributed by atoms with Crippen LogP contribution in [0.4, 0.5) is 5.69 Å². The average Bonchev–Trinajstić information content (AvgIpc) is 3.03. The largest absolute Gasteiger partial charge is 0.382 e. The third-order valence-corrected chi connectivity index (χ3v) is 3.91. The number of nitrogens with one attached hydrogen (secondary N) is 1. The van der Waals surface area contributed by atoms with E-state index < -0.39 is 0 Å². The van der Waals surface area contributed by atoms with Crippen LogP contribution in [0.25, 0.3) is 5.69 Å². The Morgan fingerprint density at radius 1 is 1.33 bits per heavy atom. The Bertz CT molecular complexity index is 553. The fourth-order valence-electron chi connectivity index (χ4n) is 2.86. The summed E-state index contributed by atoms with van der Waals surface area (Å²) in [6.45, 7) is 3.07. The van der Waals surface area contributed by atoms with Crippen molar-refractivity contribution in [3.8, 4) is 5.69 Å². The molecule has 1 aromatic heterocycles. The summed E-state index contributed by atoms with van der Waals surface area (Å²) in [5.74, 6) is 0. The highest BCUT2D eigenvalue weighted by atomic mass is 16.5. The standard InChI is InChI=1S/C16H22N4O/c1-2-4-16-10-14(7-8-21-16)19-13-5-3-6-15(9-13)20-11-17-18-12-20/h3,5-6,9,11-12,14,16,19H,2,4,7-8,10H2,1H3. The first kappa shape index (κ1) is 14.1. The van der Waals surface area contributed by atoms with Crippen LogP contribution in [-0.4, -0.2) is 33.5 Å². The quantitative estimate of drug-likeness (QED) is 0.918. The van der Waals surface area contributed by atoms with Gasteiger partial charge in [-0.05, 0) is 37.5 Å². The van der Waals surface area contributed by atoms with Crippen molar-refractivity contribution in [2.45, 2.75) is 44.8 Å². The summed E-state index contributed by atoms with van der Waals surface area (Å²) in [5.41, 5.74) is 2.21. The smallest absolute Gasteiger partial charge is 0.123 e. The molecule has 2 atom stereocenters. The van der Waals surface area contributed by atoms with Gasteiger partial charge in [-0.2, -0.15) is 0 Å². The number of rotatable bonds is 5. The second-order valence-corrected chi connectivity index (χ2v) is 5.57. The van der Waals surface area contributed by atoms with Crippen molar-refractivity contribution in [3.05, 3.63) is 36.9 Å². The minimum Gasteiger partial charge on any atom is -0.382 e. The highest BCUT2D eigenvalue weighted by molar-refractivity contribution is 5.51. The second-order valence-electron chi connectivity index (χ2n) is 5.57. The molecule has 2 unspecified atom stereocenters. The topological polar surface area (TPSA) is 52.0 Å². The van der Waals surface area contributed by atoms with E-state index >= 15 is 0 Å². The average molecular weight is 286 g/mol. The van der Waals surface area contributed by atoms with Crippen molar-refractivity contribution in [1.29, 1.82) is 0 Å². The van der Waals surface area contributed by atoms with E-state index in [1.165, 1.54) is 6.42 Å². The van der Waals surface area contributed by atoms with Crippen LogP contribution in [0.5, 0.6) is 0 Å². The first-order chi connectivity index (χ1) is 10.3. The van der Waals surface area contributed by atoms with Gasteiger partial charge in [-0.3, -0.25) is 4.57 Å². The summed E-state index contributed by atoms with van der Waals surface area (Å²) in [7, 11) is 0. The maximum atomic E-state index is 5.81. The number of benzene rings is 1. The normalized spacial score (nSPS) is 22.1. The zero-order chi connectivity index (χ0) is 14.5. The zero-order valence-corrected chi connectivity index (χ0v) is 12.4. The number of hydrogen-bond donors (Lipinski definition) is 1. The summed E-state index contributed by atoms with van der Waals surface area (Å²) >= 11 is 0. The summed E-state index contributed by atoms with van der Waals surface area (Å²) in [4.78, 5) is 0. The maximum Gasteiger partial charge on any atom is 0.123 e. The van der Waals surface area contributed by atoms with Gasteiger partial charge < -0.3 is 10.1 Å². The van der Waals surface area contributed by atoms with Crippen LogP contribution in [0, 0.1) is 0 Å². The SMILES string of the molecule is CCCC1CC(Nc2cccc(-n3cnnc3)c2)CCO1. The van der Waals surface area contributed by atoms with Crippen molar-refractivity contribution in [2.24, 2.45) is 0 Å². The molecule has 3 rings (SSSR count). The van der Waals surface area contributed by atoms with Crippen molar-refractivity contribution < 1.29 is 4.74 Å². The van der Waals surface area contributed by atoms with Crippen molar-refractivity contribution in [3.63, 3.8) is 0 Å². The molecular formula is C16H22N4O. The first-order valence-corrected chi connectivity index (χ1v) is 7.68. The van der Waals surface area contributed by atoms with Gasteiger partial charge in [0, 0.05) is 18.3 Å². The molecule has 1 N–H and O–H groups in total. The van der Waals surface area contributed by atoms with Gasteiger partial charge in [0.1, 0.15) is 12.7 Å². The fraction of sp³-hybridized carbons (Fsp3) is 0.500. The van der Waals surface area contributed by atoms with E-state index in [1.807, 2.05) is 4.57 Å².